The van der Waals surface area contributed by atoms with E-state index in [1.807, 2.05) is 48.5 Å². The van der Waals surface area contributed by atoms with Crippen molar-refractivity contribution in [3.8, 4) is 11.3 Å². The first kappa shape index (κ1) is 24.5. The van der Waals surface area contributed by atoms with Crippen molar-refractivity contribution < 1.29 is 14.4 Å². The van der Waals surface area contributed by atoms with Crippen molar-refractivity contribution in [2.75, 3.05) is 37.7 Å². The van der Waals surface area contributed by atoms with Gasteiger partial charge in [0, 0.05) is 31.7 Å². The number of aliphatic hydroxyl groups excluding tert-OH is 1. The molecule has 0 amide bonds. The van der Waals surface area contributed by atoms with Crippen LogP contribution >= 0.6 is 0 Å². The maximum Gasteiger partial charge on any atom is 0.232 e. The van der Waals surface area contributed by atoms with Gasteiger partial charge in [0.25, 0.3) is 0 Å². The topological polar surface area (TPSA) is 62.0 Å². The molecule has 1 N–H and O–H groups in total. The van der Waals surface area contributed by atoms with Gasteiger partial charge in [-0.15, -0.1) is 0 Å². The highest BCUT2D eigenvalue weighted by atomic mass is 16.5. The highest BCUT2D eigenvalue weighted by Gasteiger charge is 2.26. The van der Waals surface area contributed by atoms with E-state index in [1.165, 1.54) is 19.3 Å². The van der Waals surface area contributed by atoms with Crippen LogP contribution in [0.25, 0.3) is 11.3 Å². The lowest BCUT2D eigenvalue weighted by atomic mass is 10.1. The second kappa shape index (κ2) is 12.7. The molecule has 0 unspecified atom stereocenters. The number of hydrogen-bond donors (Lipinski definition) is 1. The number of benzene rings is 2. The Morgan fingerprint density at radius 2 is 1.74 bits per heavy atom. The minimum atomic E-state index is -0.561. The molecule has 6 heteroatoms. The van der Waals surface area contributed by atoms with Gasteiger partial charge in [0.1, 0.15) is 5.69 Å². The molecule has 0 bridgehead atoms. The first-order valence-electron chi connectivity index (χ1n) is 12.6. The smallest absolute Gasteiger partial charge is 0.232 e. The van der Waals surface area contributed by atoms with Gasteiger partial charge in [-0.3, -0.25) is 4.90 Å². The molecule has 1 fully saturated rings. The Morgan fingerprint density at radius 3 is 2.44 bits per heavy atom. The first-order chi connectivity index (χ1) is 16.7. The third-order valence-corrected chi connectivity index (χ3v) is 6.27. The van der Waals surface area contributed by atoms with Crippen LogP contribution in [0.3, 0.4) is 0 Å². The predicted octanol–water partition coefficient (Wildman–Crippen LogP) is 5.12. The minimum absolute atomic E-state index is 0.309. The average molecular weight is 464 g/mol. The van der Waals surface area contributed by atoms with Crippen LogP contribution in [-0.4, -0.2) is 54.1 Å². The van der Waals surface area contributed by atoms with Gasteiger partial charge in [0.2, 0.25) is 5.88 Å². The molecule has 4 rings (SSSR count). The zero-order valence-electron chi connectivity index (χ0n) is 20.2. The van der Waals surface area contributed by atoms with Crippen LogP contribution in [0.15, 0.2) is 65.2 Å². The number of rotatable bonds is 12. The van der Waals surface area contributed by atoms with Crippen LogP contribution in [0.1, 0.15) is 43.7 Å². The van der Waals surface area contributed by atoms with Crippen LogP contribution in [0.4, 0.5) is 5.88 Å². The Labute approximate surface area is 203 Å². The summed E-state index contributed by atoms with van der Waals surface area (Å²) in [5.74, 6) is 0.884. The van der Waals surface area contributed by atoms with E-state index >= 15 is 0 Å². The number of aliphatic hydroxyl groups is 1. The van der Waals surface area contributed by atoms with Gasteiger partial charge in [-0.25, -0.2) is 0 Å². The lowest BCUT2D eigenvalue weighted by Crippen LogP contribution is -2.36. The van der Waals surface area contributed by atoms with Crippen molar-refractivity contribution in [3.05, 3.63) is 71.8 Å². The minimum Gasteiger partial charge on any atom is -0.389 e. The standard InChI is InChI=1S/C28H37N3O3/c1-2-16-30(19-25(32)22-33-21-23-12-6-3-7-13-23)20-26-27(24-14-8-4-9-15-24)29-34-28(26)31-17-10-5-11-18-31/h3-4,6-9,12-15,25,32H,2,5,10-11,16-22H2,1H3/t25-/m1/s1. The summed E-state index contributed by atoms with van der Waals surface area (Å²) < 4.78 is 11.7. The fourth-order valence-corrected chi connectivity index (χ4v) is 4.62. The van der Waals surface area contributed by atoms with E-state index in [2.05, 4.69) is 34.0 Å². The largest absolute Gasteiger partial charge is 0.389 e. The van der Waals surface area contributed by atoms with Crippen molar-refractivity contribution >= 4 is 5.88 Å². The molecule has 0 saturated carbocycles. The maximum atomic E-state index is 10.7. The second-order valence-electron chi connectivity index (χ2n) is 9.12. The fourth-order valence-electron chi connectivity index (χ4n) is 4.62. The van der Waals surface area contributed by atoms with Gasteiger partial charge in [-0.2, -0.15) is 0 Å². The van der Waals surface area contributed by atoms with Crippen molar-refractivity contribution in [2.45, 2.75) is 51.9 Å². The Balaban J connectivity index is 1.46. The lowest BCUT2D eigenvalue weighted by molar-refractivity contribution is 0.00858. The first-order valence-corrected chi connectivity index (χ1v) is 12.6. The Hall–Kier alpha value is -2.67. The van der Waals surface area contributed by atoms with Gasteiger partial charge >= 0.3 is 0 Å². The van der Waals surface area contributed by atoms with Gasteiger partial charge < -0.3 is 19.3 Å². The molecule has 0 spiro atoms. The van der Waals surface area contributed by atoms with Crippen molar-refractivity contribution in [1.29, 1.82) is 0 Å². The molecular formula is C28H37N3O3. The summed E-state index contributed by atoms with van der Waals surface area (Å²) in [6.07, 6.45) is 4.06. The van der Waals surface area contributed by atoms with Crippen molar-refractivity contribution in [2.24, 2.45) is 0 Å². The predicted molar refractivity (Wildman–Crippen MR) is 136 cm³/mol. The molecule has 1 aliphatic heterocycles. The van der Waals surface area contributed by atoms with Crippen LogP contribution in [0.5, 0.6) is 0 Å². The van der Waals surface area contributed by atoms with Gasteiger partial charge in [-0.05, 0) is 37.8 Å². The van der Waals surface area contributed by atoms with E-state index in [1.54, 1.807) is 0 Å². The number of piperidine rings is 1. The zero-order valence-corrected chi connectivity index (χ0v) is 20.2. The summed E-state index contributed by atoms with van der Waals surface area (Å²) in [5, 5.41) is 15.2. The molecule has 1 aliphatic rings. The highest BCUT2D eigenvalue weighted by molar-refractivity contribution is 5.68. The summed E-state index contributed by atoms with van der Waals surface area (Å²) in [6, 6.07) is 20.3. The van der Waals surface area contributed by atoms with E-state index in [0.29, 0.717) is 26.3 Å². The molecule has 6 nitrogen and oxygen atoms in total. The van der Waals surface area contributed by atoms with Crippen LogP contribution in [-0.2, 0) is 17.9 Å². The average Bonchev–Trinajstić information content (AvgIpc) is 3.29. The van der Waals surface area contributed by atoms with E-state index in [9.17, 15) is 5.11 Å². The molecule has 3 aromatic rings. The molecule has 2 heterocycles. The highest BCUT2D eigenvalue weighted by Crippen LogP contribution is 2.34. The quantitative estimate of drug-likeness (QED) is 0.402. The number of nitrogens with zero attached hydrogens (tertiary/aromatic N) is 3. The molecule has 0 aliphatic carbocycles. The molecular weight excluding hydrogens is 426 g/mol. The van der Waals surface area contributed by atoms with E-state index in [4.69, 9.17) is 9.26 Å². The molecule has 34 heavy (non-hydrogen) atoms. The van der Waals surface area contributed by atoms with Crippen LogP contribution in [0, 0.1) is 0 Å². The second-order valence-corrected chi connectivity index (χ2v) is 9.12. The summed E-state index contributed by atoms with van der Waals surface area (Å²) in [7, 11) is 0. The van der Waals surface area contributed by atoms with E-state index < -0.39 is 6.10 Å². The Kier molecular flexibility index (Phi) is 9.13. The summed E-state index contributed by atoms with van der Waals surface area (Å²) in [6.45, 7) is 7.10. The van der Waals surface area contributed by atoms with Gasteiger partial charge in [0.05, 0.1) is 24.9 Å². The lowest BCUT2D eigenvalue weighted by Gasteiger charge is -2.29. The Bertz CT molecular complexity index is 971. The van der Waals surface area contributed by atoms with Crippen LogP contribution < -0.4 is 4.90 Å². The van der Waals surface area contributed by atoms with Crippen molar-refractivity contribution in [3.63, 3.8) is 0 Å². The number of hydrogen-bond acceptors (Lipinski definition) is 6. The molecule has 1 saturated heterocycles. The molecule has 1 aromatic heterocycles. The normalized spacial score (nSPS) is 15.1. The van der Waals surface area contributed by atoms with Crippen LogP contribution in [0.2, 0.25) is 0 Å². The third kappa shape index (κ3) is 6.69. The maximum absolute atomic E-state index is 10.7. The molecule has 2 aromatic carbocycles. The molecule has 0 radical (unpaired) electrons. The zero-order chi connectivity index (χ0) is 23.6. The number of anilines is 1. The summed E-state index contributed by atoms with van der Waals surface area (Å²) in [4.78, 5) is 4.63. The summed E-state index contributed by atoms with van der Waals surface area (Å²) in [5.41, 5.74) is 4.19. The fraction of sp³-hybridized carbons (Fsp3) is 0.464. The molecule has 1 atom stereocenters. The third-order valence-electron chi connectivity index (χ3n) is 6.27. The Morgan fingerprint density at radius 1 is 1.03 bits per heavy atom. The van der Waals surface area contributed by atoms with Gasteiger partial charge in [-0.1, -0.05) is 72.7 Å². The molecule has 182 valence electrons. The van der Waals surface area contributed by atoms with Gasteiger partial charge in [0.15, 0.2) is 0 Å². The number of ether oxygens (including phenoxy) is 1. The summed E-state index contributed by atoms with van der Waals surface area (Å²) >= 11 is 0. The number of aromatic nitrogens is 1. The monoisotopic (exact) mass is 463 g/mol. The SMILES string of the molecule is CCCN(Cc1c(-c2ccccc2)noc1N1CCCCC1)C[C@@H](O)COCc1ccccc1. The van der Waals surface area contributed by atoms with E-state index in [0.717, 1.165) is 54.3 Å². The van der Waals surface area contributed by atoms with Crippen molar-refractivity contribution in [1.82, 2.24) is 10.1 Å². The van der Waals surface area contributed by atoms with E-state index in [-0.39, 0.29) is 0 Å².